The average Bonchev–Trinajstić information content (AvgIpc) is 3.59. The lowest BCUT2D eigenvalue weighted by molar-refractivity contribution is 0.0688. The molecule has 1 aromatic carbocycles. The maximum atomic E-state index is 5.86. The molecule has 3 aromatic heterocycles. The van der Waals surface area contributed by atoms with E-state index in [9.17, 15) is 0 Å². The van der Waals surface area contributed by atoms with Crippen molar-refractivity contribution >= 4 is 11.6 Å². The molecule has 1 fully saturated rings. The Bertz CT molecular complexity index is 1330. The highest BCUT2D eigenvalue weighted by molar-refractivity contribution is 5.78. The molecule has 4 aromatic rings. The van der Waals surface area contributed by atoms with E-state index in [2.05, 4.69) is 45.3 Å². The van der Waals surface area contributed by atoms with Gasteiger partial charge in [0.2, 0.25) is 5.95 Å². The zero-order valence-corrected chi connectivity index (χ0v) is 20.6. The van der Waals surface area contributed by atoms with Gasteiger partial charge in [-0.25, -0.2) is 9.97 Å². The standard InChI is InChI=1S/C28H31N7O/c1-2-35-19-25(27(33-35)21-5-3-11-29-16-21)26-9-12-30-28(32-26)31-23-8-7-20-10-13-34(17-22(20)15-23)18-24-6-4-14-36-24/h3,5,7-9,11-12,15-16,19,24H,2,4,6,10,13-14,17-18H2,1H3,(H,30,31,32). The second kappa shape index (κ2) is 10.2. The lowest BCUT2D eigenvalue weighted by Gasteiger charge is -2.30. The fourth-order valence-electron chi connectivity index (χ4n) is 5.11. The third-order valence-corrected chi connectivity index (χ3v) is 6.99. The van der Waals surface area contributed by atoms with Crippen LogP contribution in [-0.2, 0) is 24.2 Å². The number of pyridine rings is 1. The summed E-state index contributed by atoms with van der Waals surface area (Å²) < 4.78 is 7.79. The van der Waals surface area contributed by atoms with Crippen molar-refractivity contribution in [2.24, 2.45) is 0 Å². The van der Waals surface area contributed by atoms with Crippen LogP contribution in [0.25, 0.3) is 22.5 Å². The van der Waals surface area contributed by atoms with E-state index < -0.39 is 0 Å². The molecule has 8 heteroatoms. The van der Waals surface area contributed by atoms with Crippen LogP contribution in [0.4, 0.5) is 11.6 Å². The van der Waals surface area contributed by atoms with Crippen LogP contribution < -0.4 is 5.32 Å². The minimum absolute atomic E-state index is 0.387. The van der Waals surface area contributed by atoms with Gasteiger partial charge in [-0.2, -0.15) is 5.10 Å². The lowest BCUT2D eigenvalue weighted by atomic mass is 9.98. The molecule has 1 unspecified atom stereocenters. The molecule has 0 aliphatic carbocycles. The molecule has 2 aliphatic rings. The summed E-state index contributed by atoms with van der Waals surface area (Å²) in [6.45, 7) is 6.83. The molecule has 0 amide bonds. The van der Waals surface area contributed by atoms with Gasteiger partial charge in [0.05, 0.1) is 11.8 Å². The number of nitrogens with one attached hydrogen (secondary N) is 1. The van der Waals surface area contributed by atoms with E-state index in [4.69, 9.17) is 14.8 Å². The van der Waals surface area contributed by atoms with Gasteiger partial charge in [-0.15, -0.1) is 0 Å². The van der Waals surface area contributed by atoms with Crippen molar-refractivity contribution in [2.45, 2.75) is 45.4 Å². The average molecular weight is 482 g/mol. The van der Waals surface area contributed by atoms with Crippen LogP contribution >= 0.6 is 0 Å². The van der Waals surface area contributed by atoms with E-state index in [0.717, 1.165) is 67.4 Å². The maximum Gasteiger partial charge on any atom is 0.227 e. The van der Waals surface area contributed by atoms with Crippen molar-refractivity contribution in [2.75, 3.05) is 25.0 Å². The SMILES string of the molecule is CCn1cc(-c2ccnc(Nc3ccc4c(c3)CN(CC3CCCO3)CC4)n2)c(-c2cccnc2)n1. The molecule has 36 heavy (non-hydrogen) atoms. The van der Waals surface area contributed by atoms with Crippen molar-refractivity contribution in [1.29, 1.82) is 0 Å². The first-order valence-electron chi connectivity index (χ1n) is 12.8. The summed E-state index contributed by atoms with van der Waals surface area (Å²) in [6.07, 6.45) is 11.3. The first-order chi connectivity index (χ1) is 17.7. The van der Waals surface area contributed by atoms with Gasteiger partial charge in [-0.1, -0.05) is 6.07 Å². The first kappa shape index (κ1) is 22.8. The van der Waals surface area contributed by atoms with Crippen LogP contribution in [0.15, 0.2) is 61.2 Å². The Kier molecular flexibility index (Phi) is 6.44. The highest BCUT2D eigenvalue weighted by Crippen LogP contribution is 2.31. The molecule has 0 bridgehead atoms. The van der Waals surface area contributed by atoms with Gasteiger partial charge in [0.1, 0.15) is 5.69 Å². The van der Waals surface area contributed by atoms with E-state index in [1.807, 2.05) is 35.3 Å². The number of fused-ring (bicyclic) bond motifs is 1. The van der Waals surface area contributed by atoms with E-state index in [-0.39, 0.29) is 0 Å². The van der Waals surface area contributed by atoms with Gasteiger partial charge < -0.3 is 10.1 Å². The molecule has 1 N–H and O–H groups in total. The van der Waals surface area contributed by atoms with E-state index in [0.29, 0.717) is 12.1 Å². The van der Waals surface area contributed by atoms with Crippen molar-refractivity contribution < 1.29 is 4.74 Å². The summed E-state index contributed by atoms with van der Waals surface area (Å²) >= 11 is 0. The Morgan fingerprint density at radius 2 is 2.11 bits per heavy atom. The number of benzene rings is 1. The molecule has 0 saturated carbocycles. The number of nitrogens with zero attached hydrogens (tertiary/aromatic N) is 6. The summed E-state index contributed by atoms with van der Waals surface area (Å²) in [5.74, 6) is 0.570. The predicted molar refractivity (Wildman–Crippen MR) is 140 cm³/mol. The highest BCUT2D eigenvalue weighted by atomic mass is 16.5. The zero-order valence-electron chi connectivity index (χ0n) is 20.6. The van der Waals surface area contributed by atoms with E-state index in [1.165, 1.54) is 24.0 Å². The Morgan fingerprint density at radius 3 is 2.94 bits per heavy atom. The van der Waals surface area contributed by atoms with Gasteiger partial charge in [-0.3, -0.25) is 14.6 Å². The maximum absolute atomic E-state index is 5.86. The second-order valence-corrected chi connectivity index (χ2v) is 9.48. The highest BCUT2D eigenvalue weighted by Gasteiger charge is 2.23. The summed E-state index contributed by atoms with van der Waals surface area (Å²) in [4.78, 5) is 16.1. The van der Waals surface area contributed by atoms with Crippen molar-refractivity contribution in [3.8, 4) is 22.5 Å². The number of hydrogen-bond donors (Lipinski definition) is 1. The predicted octanol–water partition coefficient (Wildman–Crippen LogP) is 4.70. The summed E-state index contributed by atoms with van der Waals surface area (Å²) in [5, 5.41) is 8.19. The summed E-state index contributed by atoms with van der Waals surface area (Å²) in [5.41, 5.74) is 7.42. The van der Waals surface area contributed by atoms with Crippen LogP contribution in [0, 0.1) is 0 Å². The molecular weight excluding hydrogens is 450 g/mol. The summed E-state index contributed by atoms with van der Waals surface area (Å²) in [6, 6.07) is 12.5. The third-order valence-electron chi connectivity index (χ3n) is 6.99. The number of aromatic nitrogens is 5. The molecule has 2 aliphatic heterocycles. The number of aryl methyl sites for hydroxylation is 1. The van der Waals surface area contributed by atoms with Gasteiger partial charge in [0, 0.05) is 74.4 Å². The Morgan fingerprint density at radius 1 is 1.14 bits per heavy atom. The molecule has 5 heterocycles. The molecule has 8 nitrogen and oxygen atoms in total. The fourth-order valence-corrected chi connectivity index (χ4v) is 5.11. The Balaban J connectivity index is 1.23. The van der Waals surface area contributed by atoms with Crippen LogP contribution in [0.1, 0.15) is 30.9 Å². The molecule has 1 atom stereocenters. The zero-order chi connectivity index (χ0) is 24.3. The monoisotopic (exact) mass is 481 g/mol. The number of rotatable bonds is 7. The molecule has 6 rings (SSSR count). The Hall–Kier alpha value is -3.62. The van der Waals surface area contributed by atoms with Crippen LogP contribution in [-0.4, -0.2) is 55.4 Å². The van der Waals surface area contributed by atoms with E-state index in [1.54, 1.807) is 12.4 Å². The Labute approximate surface area is 211 Å². The van der Waals surface area contributed by atoms with Gasteiger partial charge in [-0.05, 0) is 67.6 Å². The molecule has 0 spiro atoms. The number of hydrogen-bond acceptors (Lipinski definition) is 7. The largest absolute Gasteiger partial charge is 0.377 e. The lowest BCUT2D eigenvalue weighted by Crippen LogP contribution is -2.36. The van der Waals surface area contributed by atoms with Gasteiger partial charge in [0.25, 0.3) is 0 Å². The van der Waals surface area contributed by atoms with Gasteiger partial charge >= 0.3 is 0 Å². The van der Waals surface area contributed by atoms with Crippen molar-refractivity contribution in [1.82, 2.24) is 29.6 Å². The van der Waals surface area contributed by atoms with E-state index >= 15 is 0 Å². The smallest absolute Gasteiger partial charge is 0.227 e. The molecule has 0 radical (unpaired) electrons. The van der Waals surface area contributed by atoms with Crippen LogP contribution in [0.3, 0.4) is 0 Å². The summed E-state index contributed by atoms with van der Waals surface area (Å²) in [7, 11) is 0. The fraction of sp³-hybridized carbons (Fsp3) is 0.357. The normalized spacial score (nSPS) is 17.8. The third kappa shape index (κ3) is 4.87. The molecule has 184 valence electrons. The second-order valence-electron chi connectivity index (χ2n) is 9.48. The minimum Gasteiger partial charge on any atom is -0.377 e. The quantitative estimate of drug-likeness (QED) is 0.410. The topological polar surface area (TPSA) is 81.0 Å². The first-order valence-corrected chi connectivity index (χ1v) is 12.8. The van der Waals surface area contributed by atoms with Gasteiger partial charge in [0.15, 0.2) is 0 Å². The molecular formula is C28H31N7O. The van der Waals surface area contributed by atoms with Crippen molar-refractivity contribution in [3.05, 3.63) is 72.3 Å². The van der Waals surface area contributed by atoms with Crippen LogP contribution in [0.5, 0.6) is 0 Å². The van der Waals surface area contributed by atoms with Crippen LogP contribution in [0.2, 0.25) is 0 Å². The number of anilines is 2. The minimum atomic E-state index is 0.387. The number of ether oxygens (including phenoxy) is 1. The molecule has 1 saturated heterocycles. The van der Waals surface area contributed by atoms with Crippen molar-refractivity contribution in [3.63, 3.8) is 0 Å².